The van der Waals surface area contributed by atoms with Crippen LogP contribution in [0.25, 0.3) is 6.08 Å². The second kappa shape index (κ2) is 10.1. The van der Waals surface area contributed by atoms with Crippen LogP contribution in [0.3, 0.4) is 0 Å². The van der Waals surface area contributed by atoms with Crippen molar-refractivity contribution in [2.24, 2.45) is 7.05 Å². The number of benzene rings is 1. The van der Waals surface area contributed by atoms with Crippen LogP contribution in [0.15, 0.2) is 40.5 Å². The maximum absolute atomic E-state index is 6.50. The molecular weight excluding hydrogens is 404 g/mol. The molecule has 0 aliphatic carbocycles. The van der Waals surface area contributed by atoms with Gasteiger partial charge in [0.15, 0.2) is 5.16 Å². The lowest BCUT2D eigenvalue weighted by atomic mass is 9.96. The molecule has 2 fully saturated rings. The average Bonchev–Trinajstić information content (AvgIpc) is 3.37. The zero-order valence-corrected chi connectivity index (χ0v) is 18.5. The van der Waals surface area contributed by atoms with Gasteiger partial charge in [0, 0.05) is 36.9 Å². The Kier molecular flexibility index (Phi) is 7.29. The van der Waals surface area contributed by atoms with Crippen molar-refractivity contribution in [3.8, 4) is 0 Å². The Labute approximate surface area is 182 Å². The van der Waals surface area contributed by atoms with Gasteiger partial charge < -0.3 is 9.30 Å². The van der Waals surface area contributed by atoms with Crippen LogP contribution >= 0.6 is 23.4 Å². The standard InChI is InChI=1S/C22H29ClN4OS/c1-26-21(24-25-22(26)29-16-20-8-5-13-28-20)18-9-11-27(12-10-18)15-19(23)14-17-6-3-2-4-7-17/h2-4,6-7,14,18,20H,5,8-13,15-16H2,1H3/b19-14-/t20-/m1/s1. The summed E-state index contributed by atoms with van der Waals surface area (Å²) in [5, 5.41) is 10.9. The Morgan fingerprint density at radius 2 is 2.00 bits per heavy atom. The molecule has 0 bridgehead atoms. The molecule has 2 saturated heterocycles. The molecule has 1 atom stereocenters. The maximum Gasteiger partial charge on any atom is 0.191 e. The van der Waals surface area contributed by atoms with Crippen molar-refractivity contribution in [3.05, 3.63) is 46.8 Å². The quantitative estimate of drug-likeness (QED) is 0.600. The topological polar surface area (TPSA) is 43.2 Å². The summed E-state index contributed by atoms with van der Waals surface area (Å²) in [5.74, 6) is 2.56. The smallest absolute Gasteiger partial charge is 0.191 e. The van der Waals surface area contributed by atoms with Gasteiger partial charge in [-0.25, -0.2) is 0 Å². The Hall–Kier alpha value is -1.34. The third-order valence-corrected chi connectivity index (χ3v) is 7.12. The van der Waals surface area contributed by atoms with Gasteiger partial charge in [-0.15, -0.1) is 10.2 Å². The van der Waals surface area contributed by atoms with Crippen LogP contribution < -0.4 is 0 Å². The summed E-state index contributed by atoms with van der Waals surface area (Å²) in [6.45, 7) is 3.78. The second-order valence-corrected chi connectivity index (χ2v) is 9.37. The lowest BCUT2D eigenvalue weighted by Crippen LogP contribution is -2.34. The van der Waals surface area contributed by atoms with Crippen LogP contribution in [0.5, 0.6) is 0 Å². The number of likely N-dealkylation sites (tertiary alicyclic amines) is 1. The predicted octanol–water partition coefficient (Wildman–Crippen LogP) is 4.55. The molecule has 1 aromatic heterocycles. The monoisotopic (exact) mass is 432 g/mol. The summed E-state index contributed by atoms with van der Waals surface area (Å²) < 4.78 is 7.90. The Balaban J connectivity index is 1.27. The maximum atomic E-state index is 6.50. The minimum Gasteiger partial charge on any atom is -0.377 e. The molecule has 5 nitrogen and oxygen atoms in total. The molecule has 0 spiro atoms. The summed E-state index contributed by atoms with van der Waals surface area (Å²) in [5.41, 5.74) is 1.15. The van der Waals surface area contributed by atoms with E-state index in [-0.39, 0.29) is 0 Å². The Morgan fingerprint density at radius 3 is 2.72 bits per heavy atom. The Morgan fingerprint density at radius 1 is 1.21 bits per heavy atom. The van der Waals surface area contributed by atoms with Crippen molar-refractivity contribution in [1.29, 1.82) is 0 Å². The van der Waals surface area contributed by atoms with Crippen molar-refractivity contribution >= 4 is 29.4 Å². The minimum absolute atomic E-state index is 0.372. The van der Waals surface area contributed by atoms with Crippen molar-refractivity contribution in [1.82, 2.24) is 19.7 Å². The minimum atomic E-state index is 0.372. The van der Waals surface area contributed by atoms with E-state index in [2.05, 4.69) is 44.9 Å². The van der Waals surface area contributed by atoms with Gasteiger partial charge in [0.25, 0.3) is 0 Å². The summed E-state index contributed by atoms with van der Waals surface area (Å²) in [6.07, 6.45) is 6.97. The van der Waals surface area contributed by atoms with E-state index < -0.39 is 0 Å². The van der Waals surface area contributed by atoms with E-state index in [0.717, 1.165) is 72.8 Å². The van der Waals surface area contributed by atoms with Crippen LogP contribution in [0, 0.1) is 0 Å². The van der Waals surface area contributed by atoms with E-state index in [1.54, 1.807) is 11.8 Å². The number of thioether (sulfide) groups is 1. The number of hydrogen-bond acceptors (Lipinski definition) is 5. The molecule has 0 unspecified atom stereocenters. The van der Waals surface area contributed by atoms with Crippen molar-refractivity contribution in [2.75, 3.05) is 32.0 Å². The first-order valence-electron chi connectivity index (χ1n) is 10.5. The van der Waals surface area contributed by atoms with Gasteiger partial charge in [-0.2, -0.15) is 0 Å². The molecule has 29 heavy (non-hydrogen) atoms. The van der Waals surface area contributed by atoms with Gasteiger partial charge in [0.05, 0.1) is 6.10 Å². The normalized spacial score (nSPS) is 21.7. The molecule has 2 aliphatic heterocycles. The average molecular weight is 433 g/mol. The van der Waals surface area contributed by atoms with E-state index >= 15 is 0 Å². The molecule has 4 rings (SSSR count). The van der Waals surface area contributed by atoms with E-state index in [1.165, 1.54) is 6.42 Å². The van der Waals surface area contributed by atoms with Crippen molar-refractivity contribution < 1.29 is 4.74 Å². The third kappa shape index (κ3) is 5.63. The number of nitrogens with zero attached hydrogens (tertiary/aromatic N) is 4. The molecule has 0 N–H and O–H groups in total. The number of ether oxygens (including phenoxy) is 1. The fraction of sp³-hybridized carbons (Fsp3) is 0.545. The molecule has 1 aromatic carbocycles. The van der Waals surface area contributed by atoms with Crippen molar-refractivity contribution in [3.63, 3.8) is 0 Å². The largest absolute Gasteiger partial charge is 0.377 e. The highest BCUT2D eigenvalue weighted by Crippen LogP contribution is 2.30. The highest BCUT2D eigenvalue weighted by Gasteiger charge is 2.26. The summed E-state index contributed by atoms with van der Waals surface area (Å²) in [6, 6.07) is 10.3. The van der Waals surface area contributed by atoms with Gasteiger partial charge in [-0.1, -0.05) is 53.7 Å². The molecule has 3 heterocycles. The fourth-order valence-corrected chi connectivity index (χ4v) is 5.37. The summed E-state index contributed by atoms with van der Waals surface area (Å²) in [7, 11) is 2.10. The van der Waals surface area contributed by atoms with Gasteiger partial charge in [-0.3, -0.25) is 4.90 Å². The van der Waals surface area contributed by atoms with Gasteiger partial charge in [0.2, 0.25) is 0 Å². The third-order valence-electron chi connectivity index (χ3n) is 5.74. The van der Waals surface area contributed by atoms with Crippen LogP contribution in [-0.4, -0.2) is 57.8 Å². The van der Waals surface area contributed by atoms with Crippen LogP contribution in [-0.2, 0) is 11.8 Å². The first-order chi connectivity index (χ1) is 14.2. The molecule has 0 radical (unpaired) electrons. The first kappa shape index (κ1) is 20.9. The number of rotatable bonds is 7. The summed E-state index contributed by atoms with van der Waals surface area (Å²) >= 11 is 8.27. The molecule has 7 heteroatoms. The predicted molar refractivity (Wildman–Crippen MR) is 119 cm³/mol. The van der Waals surface area contributed by atoms with Crippen molar-refractivity contribution in [2.45, 2.75) is 42.9 Å². The highest BCUT2D eigenvalue weighted by atomic mass is 35.5. The van der Waals surface area contributed by atoms with Crippen LogP contribution in [0.4, 0.5) is 0 Å². The zero-order valence-electron chi connectivity index (χ0n) is 17.0. The van der Waals surface area contributed by atoms with E-state index in [9.17, 15) is 0 Å². The van der Waals surface area contributed by atoms with Crippen LogP contribution in [0.1, 0.15) is 43.0 Å². The summed E-state index contributed by atoms with van der Waals surface area (Å²) in [4.78, 5) is 2.43. The SMILES string of the molecule is Cn1c(SC[C@H]2CCCO2)nnc1C1CCN(C/C(Cl)=C/c2ccccc2)CC1. The molecule has 156 valence electrons. The molecule has 0 amide bonds. The molecule has 0 saturated carbocycles. The number of halogens is 1. The first-order valence-corrected chi connectivity index (χ1v) is 11.8. The number of hydrogen-bond donors (Lipinski definition) is 0. The van der Waals surface area contributed by atoms with Crippen LogP contribution in [0.2, 0.25) is 0 Å². The molecular formula is C22H29ClN4OS. The lowest BCUT2D eigenvalue weighted by molar-refractivity contribution is 0.129. The number of aromatic nitrogens is 3. The molecule has 2 aliphatic rings. The van der Waals surface area contributed by atoms with E-state index in [4.69, 9.17) is 16.3 Å². The zero-order chi connectivity index (χ0) is 20.1. The van der Waals surface area contributed by atoms with E-state index in [1.807, 2.05) is 18.2 Å². The molecule has 2 aromatic rings. The Bertz CT molecular complexity index is 811. The lowest BCUT2D eigenvalue weighted by Gasteiger charge is -2.31. The fourth-order valence-electron chi connectivity index (χ4n) is 4.09. The van der Waals surface area contributed by atoms with Gasteiger partial charge in [-0.05, 0) is 50.4 Å². The van der Waals surface area contributed by atoms with Gasteiger partial charge >= 0.3 is 0 Å². The second-order valence-electron chi connectivity index (χ2n) is 7.90. The number of piperidine rings is 1. The van der Waals surface area contributed by atoms with Gasteiger partial charge in [0.1, 0.15) is 5.82 Å². The van der Waals surface area contributed by atoms with E-state index in [0.29, 0.717) is 12.0 Å². The highest BCUT2D eigenvalue weighted by molar-refractivity contribution is 7.99.